The van der Waals surface area contributed by atoms with Crippen LogP contribution < -0.4 is 15.8 Å². The normalized spacial score (nSPS) is 17.7. The Morgan fingerprint density at radius 3 is 2.67 bits per heavy atom. The zero-order valence-corrected chi connectivity index (χ0v) is 14.0. The molecule has 3 N–H and O–H groups in total. The molecule has 5 nitrogen and oxygen atoms in total. The lowest BCUT2D eigenvalue weighted by atomic mass is 9.88. The lowest BCUT2D eigenvalue weighted by Gasteiger charge is -2.36. The molecule has 1 aliphatic carbocycles. The van der Waals surface area contributed by atoms with E-state index in [9.17, 15) is 0 Å². The van der Waals surface area contributed by atoms with Gasteiger partial charge in [-0.05, 0) is 32.9 Å². The summed E-state index contributed by atoms with van der Waals surface area (Å²) in [4.78, 5) is 8.37. The van der Waals surface area contributed by atoms with Gasteiger partial charge in [-0.1, -0.05) is 19.3 Å². The molecule has 1 aromatic heterocycles. The standard InChI is InChI=1S/C15H26N4OS/c1-11(2)20-14-12(16)13(18-10-19-14)17-9-15(21-3)7-5-4-6-8-15/h10-11H,4-9,16H2,1-3H3,(H,17,18,19). The van der Waals surface area contributed by atoms with Crippen molar-refractivity contribution >= 4 is 23.3 Å². The van der Waals surface area contributed by atoms with Crippen molar-refractivity contribution in [2.45, 2.75) is 56.8 Å². The maximum atomic E-state index is 6.11. The van der Waals surface area contributed by atoms with E-state index in [-0.39, 0.29) is 6.10 Å². The molecule has 0 amide bonds. The number of nitrogen functional groups attached to an aromatic ring is 1. The average molecular weight is 310 g/mol. The summed E-state index contributed by atoms with van der Waals surface area (Å²) in [5, 5.41) is 3.41. The molecule has 0 saturated heterocycles. The van der Waals surface area contributed by atoms with Gasteiger partial charge in [-0.25, -0.2) is 4.98 Å². The van der Waals surface area contributed by atoms with Crippen LogP contribution in [0.4, 0.5) is 11.5 Å². The molecule has 0 spiro atoms. The Morgan fingerprint density at radius 1 is 1.33 bits per heavy atom. The van der Waals surface area contributed by atoms with E-state index in [0.29, 0.717) is 22.1 Å². The van der Waals surface area contributed by atoms with E-state index in [1.54, 1.807) is 0 Å². The lowest BCUT2D eigenvalue weighted by molar-refractivity contribution is 0.234. The molecule has 1 aromatic rings. The molecule has 0 bridgehead atoms. The smallest absolute Gasteiger partial charge is 0.242 e. The fourth-order valence-electron chi connectivity index (χ4n) is 2.73. The number of nitrogens with zero attached hydrogens (tertiary/aromatic N) is 2. The number of hydrogen-bond donors (Lipinski definition) is 2. The molecule has 0 radical (unpaired) electrons. The minimum Gasteiger partial charge on any atom is -0.473 e. The summed E-state index contributed by atoms with van der Waals surface area (Å²) in [6, 6.07) is 0. The first-order valence-electron chi connectivity index (χ1n) is 7.62. The zero-order chi connectivity index (χ0) is 15.3. The number of nitrogens with one attached hydrogen (secondary N) is 1. The highest BCUT2D eigenvalue weighted by Gasteiger charge is 2.31. The second kappa shape index (κ2) is 7.20. The average Bonchev–Trinajstić information content (AvgIpc) is 2.49. The number of ether oxygens (including phenoxy) is 1. The molecule has 0 aromatic carbocycles. The van der Waals surface area contributed by atoms with Gasteiger partial charge in [-0.2, -0.15) is 16.7 Å². The monoisotopic (exact) mass is 310 g/mol. The van der Waals surface area contributed by atoms with E-state index in [4.69, 9.17) is 10.5 Å². The van der Waals surface area contributed by atoms with Crippen LogP contribution in [0.2, 0.25) is 0 Å². The van der Waals surface area contributed by atoms with Crippen molar-refractivity contribution in [2.24, 2.45) is 0 Å². The van der Waals surface area contributed by atoms with E-state index in [1.165, 1.54) is 38.4 Å². The molecule has 6 heteroatoms. The molecule has 2 rings (SSSR count). The van der Waals surface area contributed by atoms with Gasteiger partial charge < -0.3 is 15.8 Å². The van der Waals surface area contributed by atoms with Crippen molar-refractivity contribution in [3.8, 4) is 5.88 Å². The molecular formula is C15H26N4OS. The molecule has 0 aliphatic heterocycles. The summed E-state index contributed by atoms with van der Waals surface area (Å²) in [5.41, 5.74) is 6.61. The molecule has 21 heavy (non-hydrogen) atoms. The van der Waals surface area contributed by atoms with E-state index in [1.807, 2.05) is 25.6 Å². The molecule has 1 aliphatic rings. The Kier molecular flexibility index (Phi) is 5.56. The second-order valence-electron chi connectivity index (χ2n) is 5.91. The van der Waals surface area contributed by atoms with Crippen molar-refractivity contribution < 1.29 is 4.74 Å². The number of aromatic nitrogens is 2. The molecule has 1 heterocycles. The first-order chi connectivity index (χ1) is 10.1. The molecule has 0 atom stereocenters. The van der Waals surface area contributed by atoms with Gasteiger partial charge in [0, 0.05) is 11.3 Å². The van der Waals surface area contributed by atoms with E-state index in [2.05, 4.69) is 21.5 Å². The van der Waals surface area contributed by atoms with Gasteiger partial charge in [0.05, 0.1) is 6.10 Å². The Balaban J connectivity index is 2.05. The first-order valence-corrected chi connectivity index (χ1v) is 8.85. The predicted octanol–water partition coefficient (Wildman–Crippen LogP) is 3.32. The predicted molar refractivity (Wildman–Crippen MR) is 90.0 cm³/mol. The van der Waals surface area contributed by atoms with Gasteiger partial charge in [0.2, 0.25) is 5.88 Å². The number of hydrogen-bond acceptors (Lipinski definition) is 6. The fourth-order valence-corrected chi connectivity index (χ4v) is 3.64. The van der Waals surface area contributed by atoms with Crippen LogP contribution in [-0.2, 0) is 0 Å². The summed E-state index contributed by atoms with van der Waals surface area (Å²) < 4.78 is 5.91. The van der Waals surface area contributed by atoms with Gasteiger partial charge in [-0.15, -0.1) is 0 Å². The Hall–Kier alpha value is -1.17. The third kappa shape index (κ3) is 4.15. The SMILES string of the molecule is CSC1(CNc2ncnc(OC(C)C)c2N)CCCCC1. The van der Waals surface area contributed by atoms with Gasteiger partial charge in [0.25, 0.3) is 0 Å². The fraction of sp³-hybridized carbons (Fsp3) is 0.733. The van der Waals surface area contributed by atoms with Gasteiger partial charge >= 0.3 is 0 Å². The number of rotatable bonds is 6. The number of thioether (sulfide) groups is 1. The van der Waals surface area contributed by atoms with Crippen LogP contribution in [0, 0.1) is 0 Å². The lowest BCUT2D eigenvalue weighted by Crippen LogP contribution is -2.35. The Bertz CT molecular complexity index is 461. The highest BCUT2D eigenvalue weighted by molar-refractivity contribution is 8.00. The minimum absolute atomic E-state index is 0.0472. The van der Waals surface area contributed by atoms with Crippen LogP contribution in [-0.4, -0.2) is 33.6 Å². The van der Waals surface area contributed by atoms with Crippen LogP contribution in [0.5, 0.6) is 5.88 Å². The second-order valence-corrected chi connectivity index (χ2v) is 7.18. The maximum absolute atomic E-state index is 6.11. The van der Waals surface area contributed by atoms with E-state index in [0.717, 1.165) is 6.54 Å². The number of nitrogens with two attached hydrogens (primary N) is 1. The Morgan fingerprint density at radius 2 is 2.05 bits per heavy atom. The quantitative estimate of drug-likeness (QED) is 0.839. The molecule has 1 saturated carbocycles. The maximum Gasteiger partial charge on any atom is 0.242 e. The van der Waals surface area contributed by atoms with Crippen molar-refractivity contribution in [1.29, 1.82) is 0 Å². The van der Waals surface area contributed by atoms with Crippen molar-refractivity contribution in [2.75, 3.05) is 23.9 Å². The van der Waals surface area contributed by atoms with Crippen LogP contribution in [0.1, 0.15) is 46.0 Å². The number of anilines is 2. The summed E-state index contributed by atoms with van der Waals surface area (Å²) in [6.45, 7) is 4.80. The van der Waals surface area contributed by atoms with E-state index >= 15 is 0 Å². The minimum atomic E-state index is 0.0472. The third-order valence-corrected chi connectivity index (χ3v) is 5.39. The molecule has 1 fully saturated rings. The van der Waals surface area contributed by atoms with Crippen molar-refractivity contribution in [1.82, 2.24) is 9.97 Å². The molecule has 118 valence electrons. The summed E-state index contributed by atoms with van der Waals surface area (Å²) in [5.74, 6) is 1.14. The summed E-state index contributed by atoms with van der Waals surface area (Å²) in [7, 11) is 0. The van der Waals surface area contributed by atoms with Crippen molar-refractivity contribution in [3.05, 3.63) is 6.33 Å². The molecular weight excluding hydrogens is 284 g/mol. The third-order valence-electron chi connectivity index (χ3n) is 3.97. The highest BCUT2D eigenvalue weighted by atomic mass is 32.2. The van der Waals surface area contributed by atoms with Gasteiger partial charge in [-0.3, -0.25) is 0 Å². The van der Waals surface area contributed by atoms with Crippen LogP contribution in [0.3, 0.4) is 0 Å². The van der Waals surface area contributed by atoms with Crippen molar-refractivity contribution in [3.63, 3.8) is 0 Å². The van der Waals surface area contributed by atoms with E-state index < -0.39 is 0 Å². The first kappa shape index (κ1) is 16.2. The highest BCUT2D eigenvalue weighted by Crippen LogP contribution is 2.39. The van der Waals surface area contributed by atoms with Crippen LogP contribution in [0.15, 0.2) is 6.33 Å². The van der Waals surface area contributed by atoms with Gasteiger partial charge in [0.1, 0.15) is 12.0 Å². The summed E-state index contributed by atoms with van der Waals surface area (Å²) >= 11 is 1.96. The summed E-state index contributed by atoms with van der Waals surface area (Å²) in [6.07, 6.45) is 10.2. The van der Waals surface area contributed by atoms with Gasteiger partial charge in [0.15, 0.2) is 5.82 Å². The largest absolute Gasteiger partial charge is 0.473 e. The van der Waals surface area contributed by atoms with Crippen LogP contribution in [0.25, 0.3) is 0 Å². The topological polar surface area (TPSA) is 73.1 Å². The van der Waals surface area contributed by atoms with Crippen LogP contribution >= 0.6 is 11.8 Å². The molecule has 0 unspecified atom stereocenters. The zero-order valence-electron chi connectivity index (χ0n) is 13.2. The Labute approximate surface area is 131 Å².